The van der Waals surface area contributed by atoms with Crippen molar-refractivity contribution < 1.29 is 19.1 Å². The van der Waals surface area contributed by atoms with Gasteiger partial charge in [0, 0.05) is 11.1 Å². The van der Waals surface area contributed by atoms with Crippen LogP contribution >= 0.6 is 0 Å². The Morgan fingerprint density at radius 3 is 1.41 bits per heavy atom. The van der Waals surface area contributed by atoms with Gasteiger partial charge < -0.3 is 9.47 Å². The monoisotopic (exact) mass is 304 g/mol. The van der Waals surface area contributed by atoms with Crippen LogP contribution in [0.15, 0.2) is 61.2 Å². The van der Waals surface area contributed by atoms with E-state index in [1.54, 1.807) is 13.8 Å². The molecule has 0 fully saturated rings. The molecule has 0 heterocycles. The molecule has 1 aromatic rings. The van der Waals surface area contributed by atoms with E-state index in [0.29, 0.717) is 11.1 Å². The van der Waals surface area contributed by atoms with Crippen molar-refractivity contribution in [3.05, 3.63) is 66.8 Å². The summed E-state index contributed by atoms with van der Waals surface area (Å²) in [7, 11) is 2.66. The molecule has 0 amide bonds. The Kier molecular flexibility index (Phi) is 13.2. The van der Waals surface area contributed by atoms with Crippen molar-refractivity contribution in [2.24, 2.45) is 0 Å². The molecule has 0 radical (unpaired) electrons. The zero-order valence-corrected chi connectivity index (χ0v) is 13.7. The van der Waals surface area contributed by atoms with Crippen LogP contribution in [-0.4, -0.2) is 26.2 Å². The van der Waals surface area contributed by atoms with Crippen LogP contribution in [0.4, 0.5) is 0 Å². The van der Waals surface area contributed by atoms with E-state index in [2.05, 4.69) is 29.2 Å². The predicted molar refractivity (Wildman–Crippen MR) is 90.2 cm³/mol. The van der Waals surface area contributed by atoms with Crippen LogP contribution in [0.3, 0.4) is 0 Å². The van der Waals surface area contributed by atoms with Crippen LogP contribution in [0.5, 0.6) is 0 Å². The average Bonchev–Trinajstić information content (AvgIpc) is 2.54. The molecule has 0 saturated heterocycles. The fourth-order valence-electron chi connectivity index (χ4n) is 0.938. The van der Waals surface area contributed by atoms with Gasteiger partial charge in [-0.2, -0.15) is 0 Å². The van der Waals surface area contributed by atoms with E-state index in [1.807, 2.05) is 36.4 Å². The van der Waals surface area contributed by atoms with Gasteiger partial charge in [0.05, 0.1) is 14.2 Å². The first-order valence-corrected chi connectivity index (χ1v) is 6.45. The molecule has 0 atom stereocenters. The Bertz CT molecular complexity index is 475. The molecular formula is C18H24O4. The summed E-state index contributed by atoms with van der Waals surface area (Å²) in [4.78, 5) is 20.4. The second-order valence-electron chi connectivity index (χ2n) is 4.16. The number of benzene rings is 1. The van der Waals surface area contributed by atoms with E-state index >= 15 is 0 Å². The highest BCUT2D eigenvalue weighted by Crippen LogP contribution is 1.97. The van der Waals surface area contributed by atoms with E-state index in [9.17, 15) is 9.59 Å². The SMILES string of the molecule is C=C(C)C(=O)OC.C=C(C)C(=O)OC.C=Cc1ccccc1. The van der Waals surface area contributed by atoms with Crippen molar-refractivity contribution in [3.63, 3.8) is 0 Å². The Hall–Kier alpha value is -2.62. The average molecular weight is 304 g/mol. The Morgan fingerprint density at radius 2 is 1.27 bits per heavy atom. The van der Waals surface area contributed by atoms with Crippen molar-refractivity contribution in [1.29, 1.82) is 0 Å². The molecule has 0 unspecified atom stereocenters. The molecule has 0 saturated carbocycles. The van der Waals surface area contributed by atoms with E-state index in [0.717, 1.165) is 0 Å². The number of carbonyl (C=O) groups is 2. The molecule has 0 aliphatic rings. The van der Waals surface area contributed by atoms with E-state index in [-0.39, 0.29) is 11.9 Å². The molecule has 120 valence electrons. The minimum absolute atomic E-state index is 0.347. The Morgan fingerprint density at radius 1 is 0.909 bits per heavy atom. The number of esters is 2. The molecule has 1 rings (SSSR count). The third-order valence-corrected chi connectivity index (χ3v) is 2.10. The maximum absolute atomic E-state index is 10.2. The maximum atomic E-state index is 10.2. The summed E-state index contributed by atoms with van der Waals surface area (Å²) in [6.07, 6.45) is 1.83. The summed E-state index contributed by atoms with van der Waals surface area (Å²) >= 11 is 0. The summed E-state index contributed by atoms with van der Waals surface area (Å²) in [5.41, 5.74) is 2.04. The summed E-state index contributed by atoms with van der Waals surface area (Å²) in [5.74, 6) is -0.694. The lowest BCUT2D eigenvalue weighted by Crippen LogP contribution is -1.98. The summed E-state index contributed by atoms with van der Waals surface area (Å²) in [5, 5.41) is 0. The van der Waals surface area contributed by atoms with Crippen LogP contribution in [0.2, 0.25) is 0 Å². The number of ether oxygens (including phenoxy) is 2. The van der Waals surface area contributed by atoms with Gasteiger partial charge in [-0.3, -0.25) is 0 Å². The quantitative estimate of drug-likeness (QED) is 0.629. The third-order valence-electron chi connectivity index (χ3n) is 2.10. The molecule has 1 aromatic carbocycles. The second kappa shape index (κ2) is 13.4. The molecule has 0 spiro atoms. The molecular weight excluding hydrogens is 280 g/mol. The van der Waals surface area contributed by atoms with Crippen molar-refractivity contribution in [3.8, 4) is 0 Å². The second-order valence-corrected chi connectivity index (χ2v) is 4.16. The molecule has 0 aliphatic carbocycles. The van der Waals surface area contributed by atoms with E-state index < -0.39 is 0 Å². The molecule has 0 aromatic heterocycles. The smallest absolute Gasteiger partial charge is 0.332 e. The molecule has 4 heteroatoms. The first kappa shape index (κ1) is 21.7. The Labute approximate surface area is 132 Å². The van der Waals surface area contributed by atoms with Crippen molar-refractivity contribution >= 4 is 18.0 Å². The van der Waals surface area contributed by atoms with Gasteiger partial charge in [0.2, 0.25) is 0 Å². The number of hydrogen-bond acceptors (Lipinski definition) is 4. The van der Waals surface area contributed by atoms with Gasteiger partial charge in [-0.05, 0) is 19.4 Å². The fourth-order valence-corrected chi connectivity index (χ4v) is 0.938. The third kappa shape index (κ3) is 12.4. The summed E-state index contributed by atoms with van der Waals surface area (Å²) < 4.78 is 8.55. The predicted octanol–water partition coefficient (Wildman–Crippen LogP) is 3.80. The lowest BCUT2D eigenvalue weighted by molar-refractivity contribution is -0.136. The first-order valence-electron chi connectivity index (χ1n) is 6.45. The van der Waals surface area contributed by atoms with Gasteiger partial charge in [0.1, 0.15) is 0 Å². The van der Waals surface area contributed by atoms with Crippen molar-refractivity contribution in [1.82, 2.24) is 0 Å². The first-order chi connectivity index (χ1) is 10.3. The number of hydrogen-bond donors (Lipinski definition) is 0. The lowest BCUT2D eigenvalue weighted by Gasteiger charge is -1.91. The van der Waals surface area contributed by atoms with Gasteiger partial charge >= 0.3 is 11.9 Å². The highest BCUT2D eigenvalue weighted by Gasteiger charge is 1.96. The number of carbonyl (C=O) groups excluding carboxylic acids is 2. The van der Waals surface area contributed by atoms with Crippen LogP contribution in [0.25, 0.3) is 6.08 Å². The van der Waals surface area contributed by atoms with Crippen LogP contribution in [-0.2, 0) is 19.1 Å². The standard InChI is InChI=1S/C8H8.2C5H8O2/c1-2-8-6-4-3-5-7-8;2*1-4(2)5(6)7-3/h2-7H,1H2;2*1H2,2-3H3. The molecule has 4 nitrogen and oxygen atoms in total. The highest BCUT2D eigenvalue weighted by atomic mass is 16.5. The molecule has 0 bridgehead atoms. The van der Waals surface area contributed by atoms with Gasteiger partial charge in [-0.25, -0.2) is 9.59 Å². The largest absolute Gasteiger partial charge is 0.466 e. The van der Waals surface area contributed by atoms with Crippen LogP contribution in [0, 0.1) is 0 Å². The zero-order chi connectivity index (χ0) is 17.5. The molecule has 22 heavy (non-hydrogen) atoms. The van der Waals surface area contributed by atoms with E-state index in [4.69, 9.17) is 0 Å². The normalized spacial score (nSPS) is 8.00. The van der Waals surface area contributed by atoms with Crippen molar-refractivity contribution in [2.45, 2.75) is 13.8 Å². The maximum Gasteiger partial charge on any atom is 0.332 e. The molecule has 0 aliphatic heterocycles. The summed E-state index contributed by atoms with van der Waals surface area (Å²) in [6, 6.07) is 10.0. The summed E-state index contributed by atoms with van der Waals surface area (Å²) in [6.45, 7) is 13.5. The number of methoxy groups -OCH3 is 2. The zero-order valence-electron chi connectivity index (χ0n) is 13.7. The Balaban J connectivity index is 0. The lowest BCUT2D eigenvalue weighted by atomic mass is 10.2. The van der Waals surface area contributed by atoms with Gasteiger partial charge in [-0.15, -0.1) is 0 Å². The topological polar surface area (TPSA) is 52.6 Å². The molecule has 0 N–H and O–H groups in total. The van der Waals surface area contributed by atoms with Gasteiger partial charge in [-0.1, -0.05) is 56.1 Å². The minimum Gasteiger partial charge on any atom is -0.466 e. The van der Waals surface area contributed by atoms with Crippen molar-refractivity contribution in [2.75, 3.05) is 14.2 Å². The number of rotatable bonds is 3. The van der Waals surface area contributed by atoms with E-state index in [1.165, 1.54) is 19.8 Å². The highest BCUT2D eigenvalue weighted by molar-refractivity contribution is 5.87. The van der Waals surface area contributed by atoms with Crippen LogP contribution < -0.4 is 0 Å². The fraction of sp³-hybridized carbons (Fsp3) is 0.222. The minimum atomic E-state index is -0.347. The van der Waals surface area contributed by atoms with Gasteiger partial charge in [0.25, 0.3) is 0 Å². The van der Waals surface area contributed by atoms with Gasteiger partial charge in [0.15, 0.2) is 0 Å². The van der Waals surface area contributed by atoms with Crippen LogP contribution in [0.1, 0.15) is 19.4 Å².